The van der Waals surface area contributed by atoms with Gasteiger partial charge in [-0.25, -0.2) is 16.8 Å². The van der Waals surface area contributed by atoms with Crippen LogP contribution in [0.3, 0.4) is 0 Å². The number of carbonyl (C=O) groups is 1. The molecule has 1 amide bonds. The Kier molecular flexibility index (Phi) is 8.69. The first kappa shape index (κ1) is 26.1. The van der Waals surface area contributed by atoms with Gasteiger partial charge in [-0.3, -0.25) is 4.79 Å². The van der Waals surface area contributed by atoms with Gasteiger partial charge in [-0.05, 0) is 68.1 Å². The maximum Gasteiger partial charge on any atom is 0.243 e. The van der Waals surface area contributed by atoms with Crippen LogP contribution in [0.15, 0.2) is 58.3 Å². The maximum absolute atomic E-state index is 12.7. The van der Waals surface area contributed by atoms with E-state index in [-0.39, 0.29) is 16.3 Å². The first-order valence-corrected chi connectivity index (χ1v) is 14.1. The van der Waals surface area contributed by atoms with Crippen LogP contribution in [0, 0.1) is 0 Å². The van der Waals surface area contributed by atoms with Crippen LogP contribution in [0.4, 0.5) is 0 Å². The van der Waals surface area contributed by atoms with Crippen molar-refractivity contribution in [2.24, 2.45) is 0 Å². The number of hydrogen-bond donors (Lipinski definition) is 1. The molecule has 2 aromatic carbocycles. The zero-order valence-electron chi connectivity index (χ0n) is 19.4. The van der Waals surface area contributed by atoms with Crippen molar-refractivity contribution in [3.05, 3.63) is 54.1 Å². The molecule has 1 aliphatic heterocycles. The van der Waals surface area contributed by atoms with Gasteiger partial charge in [0.05, 0.1) is 22.9 Å². The fraction of sp³-hybridized carbons (Fsp3) is 0.435. The molecule has 9 nitrogen and oxygen atoms in total. The average Bonchev–Trinajstić information content (AvgIpc) is 3.36. The average molecular weight is 510 g/mol. The third-order valence-corrected chi connectivity index (χ3v) is 9.30. The molecule has 0 radical (unpaired) electrons. The van der Waals surface area contributed by atoms with Crippen LogP contribution in [-0.2, 0) is 31.3 Å². The zero-order valence-corrected chi connectivity index (χ0v) is 21.1. The lowest BCUT2D eigenvalue weighted by atomic mass is 10.1. The highest BCUT2D eigenvalue weighted by Crippen LogP contribution is 2.21. The third-order valence-electron chi connectivity index (χ3n) is 5.57. The Labute approximate surface area is 201 Å². The van der Waals surface area contributed by atoms with Gasteiger partial charge >= 0.3 is 0 Å². The van der Waals surface area contributed by atoms with Crippen molar-refractivity contribution < 1.29 is 26.4 Å². The number of ether oxygens (including phenoxy) is 1. The van der Waals surface area contributed by atoms with E-state index in [4.69, 9.17) is 4.74 Å². The summed E-state index contributed by atoms with van der Waals surface area (Å²) in [6.07, 6.45) is 2.26. The molecular weight excluding hydrogens is 478 g/mol. The van der Waals surface area contributed by atoms with E-state index in [1.165, 1.54) is 23.5 Å². The molecule has 1 heterocycles. The summed E-state index contributed by atoms with van der Waals surface area (Å²) >= 11 is 0. The molecule has 34 heavy (non-hydrogen) atoms. The summed E-state index contributed by atoms with van der Waals surface area (Å²) < 4.78 is 58.4. The monoisotopic (exact) mass is 509 g/mol. The molecule has 0 atom stereocenters. The highest BCUT2D eigenvalue weighted by molar-refractivity contribution is 7.89. The summed E-state index contributed by atoms with van der Waals surface area (Å²) in [6, 6.07) is 12.7. The molecule has 0 unspecified atom stereocenters. The molecule has 1 aliphatic rings. The molecule has 1 N–H and O–H groups in total. The van der Waals surface area contributed by atoms with E-state index in [1.54, 1.807) is 36.4 Å². The summed E-state index contributed by atoms with van der Waals surface area (Å²) in [5.74, 6) is 0.147. The van der Waals surface area contributed by atoms with E-state index in [2.05, 4.69) is 5.32 Å². The highest BCUT2D eigenvalue weighted by atomic mass is 32.2. The molecule has 0 saturated carbocycles. The standard InChI is InChI=1S/C23H31N3O6S2/c1-3-32-20-8-12-21(13-9-20)33(28,29)25(2)18-23(27)24-15-14-19-6-10-22(11-7-19)34(30,31)26-16-4-5-17-26/h6-13H,3-5,14-18H2,1-2H3,(H,24,27). The van der Waals surface area contributed by atoms with E-state index < -0.39 is 26.0 Å². The number of amides is 1. The minimum absolute atomic E-state index is 0.0789. The summed E-state index contributed by atoms with van der Waals surface area (Å²) in [5.41, 5.74) is 0.871. The Hall–Kier alpha value is -2.47. The maximum atomic E-state index is 12.7. The van der Waals surface area contributed by atoms with Crippen LogP contribution in [-0.4, -0.2) is 71.2 Å². The number of carbonyl (C=O) groups excluding carboxylic acids is 1. The second kappa shape index (κ2) is 11.3. The van der Waals surface area contributed by atoms with Crippen LogP contribution in [0.1, 0.15) is 25.3 Å². The Morgan fingerprint density at radius 2 is 1.56 bits per heavy atom. The number of benzene rings is 2. The molecule has 0 bridgehead atoms. The molecule has 3 rings (SSSR count). The smallest absolute Gasteiger partial charge is 0.243 e. The van der Waals surface area contributed by atoms with Gasteiger partial charge in [0.2, 0.25) is 26.0 Å². The molecule has 186 valence electrons. The van der Waals surface area contributed by atoms with E-state index >= 15 is 0 Å². The van der Waals surface area contributed by atoms with Crippen LogP contribution < -0.4 is 10.1 Å². The second-order valence-electron chi connectivity index (χ2n) is 8.02. The molecule has 0 spiro atoms. The first-order valence-electron chi connectivity index (χ1n) is 11.2. The summed E-state index contributed by atoms with van der Waals surface area (Å²) in [5, 5.41) is 2.71. The van der Waals surface area contributed by atoms with E-state index in [0.29, 0.717) is 38.4 Å². The van der Waals surface area contributed by atoms with Gasteiger partial charge in [-0.2, -0.15) is 8.61 Å². The largest absolute Gasteiger partial charge is 0.494 e. The number of rotatable bonds is 11. The van der Waals surface area contributed by atoms with Crippen molar-refractivity contribution in [1.82, 2.24) is 13.9 Å². The van der Waals surface area contributed by atoms with Crippen LogP contribution >= 0.6 is 0 Å². The number of hydrogen-bond acceptors (Lipinski definition) is 6. The van der Waals surface area contributed by atoms with Gasteiger partial charge in [0, 0.05) is 26.7 Å². The van der Waals surface area contributed by atoms with Crippen molar-refractivity contribution in [2.75, 3.05) is 39.8 Å². The number of likely N-dealkylation sites (N-methyl/N-ethyl adjacent to an activating group) is 1. The SMILES string of the molecule is CCOc1ccc(S(=O)(=O)N(C)CC(=O)NCCc2ccc(S(=O)(=O)N3CCCC3)cc2)cc1. The number of nitrogens with zero attached hydrogens (tertiary/aromatic N) is 2. The van der Waals surface area contributed by atoms with Gasteiger partial charge in [-0.15, -0.1) is 0 Å². The fourth-order valence-corrected chi connectivity index (χ4v) is 6.29. The molecule has 0 aliphatic carbocycles. The lowest BCUT2D eigenvalue weighted by Gasteiger charge is -2.17. The molecule has 1 saturated heterocycles. The van der Waals surface area contributed by atoms with Gasteiger partial charge in [0.15, 0.2) is 0 Å². The highest BCUT2D eigenvalue weighted by Gasteiger charge is 2.27. The van der Waals surface area contributed by atoms with Crippen molar-refractivity contribution in [3.63, 3.8) is 0 Å². The normalized spacial score (nSPS) is 14.9. The molecule has 11 heteroatoms. The number of nitrogens with one attached hydrogen (secondary N) is 1. The van der Waals surface area contributed by atoms with E-state index in [0.717, 1.165) is 22.7 Å². The van der Waals surface area contributed by atoms with Gasteiger partial charge in [0.1, 0.15) is 5.75 Å². The van der Waals surface area contributed by atoms with Crippen molar-refractivity contribution in [3.8, 4) is 5.75 Å². The van der Waals surface area contributed by atoms with Gasteiger partial charge in [-0.1, -0.05) is 12.1 Å². The Bertz CT molecular complexity index is 1170. The van der Waals surface area contributed by atoms with E-state index in [1.807, 2.05) is 6.92 Å². The number of sulfonamides is 2. The molecular formula is C23H31N3O6S2. The van der Waals surface area contributed by atoms with E-state index in [9.17, 15) is 21.6 Å². The summed E-state index contributed by atoms with van der Waals surface area (Å²) in [4.78, 5) is 12.6. The lowest BCUT2D eigenvalue weighted by Crippen LogP contribution is -2.39. The Morgan fingerprint density at radius 1 is 0.971 bits per heavy atom. The molecule has 2 aromatic rings. The minimum atomic E-state index is -3.81. The van der Waals surface area contributed by atoms with Crippen LogP contribution in [0.2, 0.25) is 0 Å². The zero-order chi connectivity index (χ0) is 24.8. The fourth-order valence-electron chi connectivity index (χ4n) is 3.65. The van der Waals surface area contributed by atoms with Gasteiger partial charge < -0.3 is 10.1 Å². The van der Waals surface area contributed by atoms with Crippen molar-refractivity contribution in [2.45, 2.75) is 36.0 Å². The third kappa shape index (κ3) is 6.35. The lowest BCUT2D eigenvalue weighted by molar-refractivity contribution is -0.121. The Morgan fingerprint density at radius 3 is 2.15 bits per heavy atom. The predicted octanol–water partition coefficient (Wildman–Crippen LogP) is 1.85. The molecule has 0 aromatic heterocycles. The minimum Gasteiger partial charge on any atom is -0.494 e. The van der Waals surface area contributed by atoms with Crippen LogP contribution in [0.5, 0.6) is 5.75 Å². The second-order valence-corrected chi connectivity index (χ2v) is 12.0. The quantitative estimate of drug-likeness (QED) is 0.495. The van der Waals surface area contributed by atoms with Gasteiger partial charge in [0.25, 0.3) is 0 Å². The van der Waals surface area contributed by atoms with Crippen molar-refractivity contribution >= 4 is 26.0 Å². The van der Waals surface area contributed by atoms with Crippen molar-refractivity contribution in [1.29, 1.82) is 0 Å². The van der Waals surface area contributed by atoms with Crippen LogP contribution in [0.25, 0.3) is 0 Å². The first-order chi connectivity index (χ1) is 16.1. The summed E-state index contributed by atoms with van der Waals surface area (Å²) in [7, 11) is -5.91. The Balaban J connectivity index is 1.49. The summed E-state index contributed by atoms with van der Waals surface area (Å²) in [6.45, 7) is 3.41. The topological polar surface area (TPSA) is 113 Å². The molecule has 1 fully saturated rings. The predicted molar refractivity (Wildman–Crippen MR) is 129 cm³/mol.